The summed E-state index contributed by atoms with van der Waals surface area (Å²) >= 11 is 0. The molecule has 0 radical (unpaired) electrons. The van der Waals surface area contributed by atoms with Gasteiger partial charge in [0.1, 0.15) is 10.6 Å². The van der Waals surface area contributed by atoms with E-state index in [0.29, 0.717) is 24.0 Å². The lowest BCUT2D eigenvalue weighted by molar-refractivity contribution is -0.119. The van der Waals surface area contributed by atoms with Gasteiger partial charge in [-0.15, -0.1) is 0 Å². The maximum atomic E-state index is 13.6. The minimum Gasteiger partial charge on any atom is -0.379 e. The molecule has 0 atom stereocenters. The van der Waals surface area contributed by atoms with Crippen molar-refractivity contribution in [3.8, 4) is 5.75 Å². The summed E-state index contributed by atoms with van der Waals surface area (Å²) in [4.78, 5) is 29.4. The third-order valence-corrected chi connectivity index (χ3v) is 9.17. The molecule has 3 aliphatic rings. The molecule has 0 N–H and O–H groups in total. The van der Waals surface area contributed by atoms with Gasteiger partial charge < -0.3 is 9.08 Å². The Labute approximate surface area is 225 Å². The van der Waals surface area contributed by atoms with Gasteiger partial charge in [-0.25, -0.2) is 0 Å². The molecule has 7 heteroatoms. The van der Waals surface area contributed by atoms with Crippen molar-refractivity contribution in [2.24, 2.45) is 10.8 Å². The zero-order valence-electron chi connectivity index (χ0n) is 22.9. The number of carbonyl (C=O) groups is 2. The van der Waals surface area contributed by atoms with E-state index in [1.807, 2.05) is 14.0 Å². The highest BCUT2D eigenvalue weighted by Crippen LogP contribution is 2.54. The summed E-state index contributed by atoms with van der Waals surface area (Å²) in [5.41, 5.74) is 4.78. The molecule has 0 amide bonds. The molecule has 2 aromatic rings. The number of Topliss-reactive ketones (excluding diaryl/α,β-unsaturated/α-hetero) is 2. The SMILES string of the molecule is Cc1ccc(S(=O)(=O)Oc2ccc(C3C4=C(CC(C)(C)CC4=O)N(C)C4=C3C(=O)CC(C)(C)C4)cc2)cc1. The Morgan fingerprint density at radius 1 is 0.763 bits per heavy atom. The lowest BCUT2D eigenvalue weighted by Crippen LogP contribution is -2.43. The van der Waals surface area contributed by atoms with Crippen molar-refractivity contribution in [1.29, 1.82) is 0 Å². The van der Waals surface area contributed by atoms with Crippen LogP contribution >= 0.6 is 0 Å². The summed E-state index contributed by atoms with van der Waals surface area (Å²) in [5, 5.41) is 0. The summed E-state index contributed by atoms with van der Waals surface area (Å²) in [7, 11) is -2.01. The number of ketones is 2. The molecular weight excluding hydrogens is 498 g/mol. The van der Waals surface area contributed by atoms with Crippen molar-refractivity contribution in [2.45, 2.75) is 71.1 Å². The largest absolute Gasteiger partial charge is 0.379 e. The molecule has 5 rings (SSSR count). The van der Waals surface area contributed by atoms with Gasteiger partial charge in [-0.2, -0.15) is 8.42 Å². The second-order valence-corrected chi connectivity index (χ2v) is 14.1. The van der Waals surface area contributed by atoms with E-state index in [4.69, 9.17) is 4.18 Å². The van der Waals surface area contributed by atoms with Crippen LogP contribution in [0.4, 0.5) is 0 Å². The minimum absolute atomic E-state index is 0.0690. The number of rotatable bonds is 4. The molecule has 0 fully saturated rings. The highest BCUT2D eigenvalue weighted by atomic mass is 32.2. The summed E-state index contributed by atoms with van der Waals surface area (Å²) < 4.78 is 31.0. The Bertz CT molecular complexity index is 1440. The molecule has 0 saturated carbocycles. The number of carbonyl (C=O) groups excluding carboxylic acids is 2. The van der Waals surface area contributed by atoms with Gasteiger partial charge in [0.15, 0.2) is 11.6 Å². The molecule has 0 spiro atoms. The second kappa shape index (κ2) is 8.94. The Balaban J connectivity index is 1.56. The Morgan fingerprint density at radius 2 is 1.24 bits per heavy atom. The number of aryl methyl sites for hydroxylation is 1. The fourth-order valence-corrected chi connectivity index (χ4v) is 7.02. The number of hydrogen-bond donors (Lipinski definition) is 0. The van der Waals surface area contributed by atoms with Gasteiger partial charge >= 0.3 is 10.1 Å². The predicted octanol–water partition coefficient (Wildman–Crippen LogP) is 6.08. The standard InChI is InChI=1S/C31H35NO5S/c1-19-7-13-22(14-8-19)38(35,36)37-21-11-9-20(10-12-21)27-28-23(15-30(2,3)17-25(28)33)32(6)24-16-31(4,5)18-26(34)29(24)27/h7-14,27H,15-18H2,1-6H3. The van der Waals surface area contributed by atoms with Gasteiger partial charge in [0, 0.05) is 48.3 Å². The maximum Gasteiger partial charge on any atom is 0.339 e. The van der Waals surface area contributed by atoms with Gasteiger partial charge in [0.2, 0.25) is 0 Å². The van der Waals surface area contributed by atoms with E-state index < -0.39 is 16.0 Å². The molecule has 2 aromatic carbocycles. The summed E-state index contributed by atoms with van der Waals surface area (Å²) in [6.07, 6.45) is 2.35. The first kappa shape index (κ1) is 26.4. The average molecular weight is 534 g/mol. The molecule has 2 aliphatic carbocycles. The monoisotopic (exact) mass is 533 g/mol. The lowest BCUT2D eigenvalue weighted by atomic mass is 9.64. The highest BCUT2D eigenvalue weighted by Gasteiger charge is 2.48. The van der Waals surface area contributed by atoms with Crippen LogP contribution < -0.4 is 4.18 Å². The molecule has 0 saturated heterocycles. The van der Waals surface area contributed by atoms with Crippen molar-refractivity contribution in [3.05, 3.63) is 82.2 Å². The topological polar surface area (TPSA) is 80.8 Å². The van der Waals surface area contributed by atoms with Crippen LogP contribution in [0.15, 0.2) is 76.0 Å². The molecule has 1 aliphatic heterocycles. The van der Waals surface area contributed by atoms with Crippen LogP contribution in [0.3, 0.4) is 0 Å². The van der Waals surface area contributed by atoms with Gasteiger partial charge in [-0.3, -0.25) is 9.59 Å². The van der Waals surface area contributed by atoms with Crippen LogP contribution in [0.25, 0.3) is 0 Å². The first-order valence-corrected chi connectivity index (χ1v) is 14.5. The molecular formula is C31H35NO5S. The van der Waals surface area contributed by atoms with Gasteiger partial charge in [0.25, 0.3) is 0 Å². The lowest BCUT2D eigenvalue weighted by Gasteiger charge is -2.47. The van der Waals surface area contributed by atoms with Gasteiger partial charge in [-0.1, -0.05) is 57.5 Å². The normalized spacial score (nSPS) is 21.4. The number of nitrogens with zero attached hydrogens (tertiary/aromatic N) is 1. The van der Waals surface area contributed by atoms with E-state index >= 15 is 0 Å². The second-order valence-electron chi connectivity index (χ2n) is 12.5. The molecule has 200 valence electrons. The number of allylic oxidation sites excluding steroid dienone is 4. The van der Waals surface area contributed by atoms with E-state index in [1.165, 1.54) is 12.1 Å². The first-order chi connectivity index (χ1) is 17.7. The number of benzene rings is 2. The van der Waals surface area contributed by atoms with Crippen LogP contribution in [0.5, 0.6) is 5.75 Å². The first-order valence-electron chi connectivity index (χ1n) is 13.0. The van der Waals surface area contributed by atoms with Crippen LogP contribution in [-0.2, 0) is 19.7 Å². The van der Waals surface area contributed by atoms with Crippen LogP contribution in [0.1, 0.15) is 70.4 Å². The minimum atomic E-state index is -3.99. The zero-order chi connectivity index (χ0) is 27.6. The van der Waals surface area contributed by atoms with Crippen LogP contribution in [0, 0.1) is 17.8 Å². The predicted molar refractivity (Wildman–Crippen MR) is 146 cm³/mol. The van der Waals surface area contributed by atoms with Gasteiger partial charge in [0.05, 0.1) is 0 Å². The Hall–Kier alpha value is -3.19. The quantitative estimate of drug-likeness (QED) is 0.443. The molecule has 0 unspecified atom stereocenters. The molecule has 1 heterocycles. The third-order valence-electron chi connectivity index (χ3n) is 7.91. The molecule has 38 heavy (non-hydrogen) atoms. The fraction of sp³-hybridized carbons (Fsp3) is 0.419. The van der Waals surface area contributed by atoms with Gasteiger partial charge in [-0.05, 0) is 60.4 Å². The average Bonchev–Trinajstić information content (AvgIpc) is 2.80. The van der Waals surface area contributed by atoms with E-state index in [2.05, 4.69) is 32.6 Å². The van der Waals surface area contributed by atoms with Crippen molar-refractivity contribution >= 4 is 21.7 Å². The maximum absolute atomic E-state index is 13.6. The van der Waals surface area contributed by atoms with E-state index in [1.54, 1.807) is 36.4 Å². The summed E-state index contributed by atoms with van der Waals surface area (Å²) in [6, 6.07) is 13.3. The smallest absolute Gasteiger partial charge is 0.339 e. The van der Waals surface area contributed by atoms with Crippen molar-refractivity contribution in [1.82, 2.24) is 4.90 Å². The number of hydrogen-bond acceptors (Lipinski definition) is 6. The fourth-order valence-electron chi connectivity index (χ4n) is 6.09. The summed E-state index contributed by atoms with van der Waals surface area (Å²) in [5.74, 6) is -0.150. The van der Waals surface area contributed by atoms with Crippen LogP contribution in [-0.4, -0.2) is 31.9 Å². The van der Waals surface area contributed by atoms with Crippen molar-refractivity contribution in [2.75, 3.05) is 7.05 Å². The van der Waals surface area contributed by atoms with Crippen molar-refractivity contribution in [3.63, 3.8) is 0 Å². The van der Waals surface area contributed by atoms with Crippen LogP contribution in [0.2, 0.25) is 0 Å². The zero-order valence-corrected chi connectivity index (χ0v) is 23.7. The van der Waals surface area contributed by atoms with E-state index in [-0.39, 0.29) is 33.0 Å². The third kappa shape index (κ3) is 4.73. The molecule has 6 nitrogen and oxygen atoms in total. The van der Waals surface area contributed by atoms with E-state index in [0.717, 1.165) is 35.4 Å². The Kier molecular flexibility index (Phi) is 6.21. The summed E-state index contributed by atoms with van der Waals surface area (Å²) in [6.45, 7) is 10.3. The molecule has 0 bridgehead atoms. The van der Waals surface area contributed by atoms with E-state index in [9.17, 15) is 18.0 Å². The van der Waals surface area contributed by atoms with Crippen molar-refractivity contribution < 1.29 is 22.2 Å². The molecule has 0 aromatic heterocycles. The Morgan fingerprint density at radius 3 is 1.71 bits per heavy atom. The highest BCUT2D eigenvalue weighted by molar-refractivity contribution is 7.87.